The van der Waals surface area contributed by atoms with Gasteiger partial charge in [-0.05, 0) is 12.8 Å². The van der Waals surface area contributed by atoms with Gasteiger partial charge in [-0.1, -0.05) is 123 Å². The van der Waals surface area contributed by atoms with Crippen LogP contribution in [0.4, 0.5) is 0 Å². The summed E-state index contributed by atoms with van der Waals surface area (Å²) in [7, 11) is -5.09. The van der Waals surface area contributed by atoms with Crippen molar-refractivity contribution in [1.82, 2.24) is 5.32 Å². The van der Waals surface area contributed by atoms with Crippen molar-refractivity contribution in [3.63, 3.8) is 0 Å². The molecular weight excluding hydrogens is 622 g/mol. The molecule has 0 bridgehead atoms. The fourth-order valence-corrected chi connectivity index (χ4v) is 6.15. The number of hydrogen-bond acceptors (Lipinski definition) is 11. The second-order valence-electron chi connectivity index (χ2n) is 12.6. The number of carbonyl (C=O) groups excluding carboxylic acids is 1. The summed E-state index contributed by atoms with van der Waals surface area (Å²) < 4.78 is 47.0. The molecular formula is C32H63NO12S. The summed E-state index contributed by atoms with van der Waals surface area (Å²) in [5.41, 5.74) is 0. The number of carbonyl (C=O) groups is 1. The molecule has 0 aromatic heterocycles. The van der Waals surface area contributed by atoms with E-state index >= 15 is 0 Å². The Kier molecular flexibility index (Phi) is 23.5. The first-order valence-corrected chi connectivity index (χ1v) is 18.9. The molecule has 1 amide bonds. The molecule has 8 unspecified atom stereocenters. The van der Waals surface area contributed by atoms with Crippen LogP contribution in [0, 0.1) is 0 Å². The maximum Gasteiger partial charge on any atom is 0.397 e. The van der Waals surface area contributed by atoms with E-state index in [1.165, 1.54) is 44.9 Å². The number of aliphatic hydroxyl groups excluding tert-OH is 5. The number of aliphatic hydroxyl groups is 5. The highest BCUT2D eigenvalue weighted by Gasteiger charge is 2.48. The molecule has 14 heteroatoms. The molecule has 0 aromatic rings. The normalized spacial score (nSPS) is 24.0. The average molecular weight is 686 g/mol. The van der Waals surface area contributed by atoms with Crippen molar-refractivity contribution in [3.05, 3.63) is 0 Å². The largest absolute Gasteiger partial charge is 0.397 e. The van der Waals surface area contributed by atoms with Crippen molar-refractivity contribution in [2.24, 2.45) is 0 Å². The van der Waals surface area contributed by atoms with Crippen molar-refractivity contribution < 1.29 is 57.0 Å². The quantitative estimate of drug-likeness (QED) is 0.0467. The Balaban J connectivity index is 2.72. The minimum Gasteiger partial charge on any atom is -0.394 e. The van der Waals surface area contributed by atoms with E-state index in [1.807, 2.05) is 0 Å². The third-order valence-electron chi connectivity index (χ3n) is 8.52. The summed E-state index contributed by atoms with van der Waals surface area (Å²) in [6.07, 6.45) is 7.85. The number of amides is 1. The van der Waals surface area contributed by atoms with Crippen LogP contribution in [0.25, 0.3) is 0 Å². The first-order valence-electron chi connectivity index (χ1n) is 17.5. The van der Waals surface area contributed by atoms with Gasteiger partial charge in [0.1, 0.15) is 30.5 Å². The third kappa shape index (κ3) is 18.6. The molecule has 1 aliphatic rings. The molecule has 1 heterocycles. The van der Waals surface area contributed by atoms with Crippen molar-refractivity contribution in [1.29, 1.82) is 0 Å². The molecule has 13 nitrogen and oxygen atoms in total. The van der Waals surface area contributed by atoms with Gasteiger partial charge in [0.25, 0.3) is 0 Å². The monoisotopic (exact) mass is 685 g/mol. The van der Waals surface area contributed by atoms with Crippen LogP contribution in [0.15, 0.2) is 0 Å². The molecule has 1 aliphatic heterocycles. The average Bonchev–Trinajstić information content (AvgIpc) is 3.01. The van der Waals surface area contributed by atoms with E-state index in [0.717, 1.165) is 51.4 Å². The topological polar surface area (TPSA) is 212 Å². The van der Waals surface area contributed by atoms with Gasteiger partial charge < -0.3 is 40.3 Å². The summed E-state index contributed by atoms with van der Waals surface area (Å²) in [4.78, 5) is 12.9. The van der Waals surface area contributed by atoms with Crippen molar-refractivity contribution in [3.8, 4) is 0 Å². The Hall–Kier alpha value is -0.940. The molecule has 0 aliphatic carbocycles. The molecule has 46 heavy (non-hydrogen) atoms. The molecule has 1 saturated heterocycles. The lowest BCUT2D eigenvalue weighted by molar-refractivity contribution is -0.298. The highest BCUT2D eigenvalue weighted by molar-refractivity contribution is 7.80. The van der Waals surface area contributed by atoms with Crippen LogP contribution in [0.1, 0.15) is 136 Å². The molecule has 0 saturated carbocycles. The zero-order chi connectivity index (χ0) is 34.4. The van der Waals surface area contributed by atoms with Crippen LogP contribution in [0.5, 0.6) is 0 Å². The van der Waals surface area contributed by atoms with Gasteiger partial charge in [0, 0.05) is 0 Å². The van der Waals surface area contributed by atoms with E-state index in [1.54, 1.807) is 0 Å². The Morgan fingerprint density at radius 3 is 1.74 bits per heavy atom. The van der Waals surface area contributed by atoms with E-state index in [-0.39, 0.29) is 6.42 Å². The van der Waals surface area contributed by atoms with Gasteiger partial charge in [0.05, 0.1) is 25.4 Å². The zero-order valence-corrected chi connectivity index (χ0v) is 28.8. The van der Waals surface area contributed by atoms with Gasteiger partial charge in [-0.3, -0.25) is 9.35 Å². The first-order chi connectivity index (χ1) is 21.9. The fraction of sp³-hybridized carbons (Fsp3) is 0.969. The van der Waals surface area contributed by atoms with Gasteiger partial charge in [0.2, 0.25) is 5.91 Å². The van der Waals surface area contributed by atoms with Crippen molar-refractivity contribution in [2.75, 3.05) is 13.2 Å². The number of nitrogens with one attached hydrogen (secondary N) is 1. The number of unbranched alkanes of at least 4 members (excludes halogenated alkanes) is 15. The lowest BCUT2D eigenvalue weighted by atomic mass is 9.99. The summed E-state index contributed by atoms with van der Waals surface area (Å²) >= 11 is 0. The van der Waals surface area contributed by atoms with E-state index in [0.29, 0.717) is 19.3 Å². The molecule has 1 rings (SSSR count). The summed E-state index contributed by atoms with van der Waals surface area (Å²) in [5, 5.41) is 54.6. The third-order valence-corrected chi connectivity index (χ3v) is 8.99. The van der Waals surface area contributed by atoms with E-state index in [4.69, 9.17) is 14.0 Å². The predicted molar refractivity (Wildman–Crippen MR) is 173 cm³/mol. The Morgan fingerprint density at radius 1 is 0.783 bits per heavy atom. The van der Waals surface area contributed by atoms with Gasteiger partial charge in [-0.2, -0.15) is 8.42 Å². The van der Waals surface area contributed by atoms with Crippen LogP contribution in [-0.4, -0.2) is 107 Å². The van der Waals surface area contributed by atoms with Crippen LogP contribution >= 0.6 is 0 Å². The summed E-state index contributed by atoms with van der Waals surface area (Å²) in [5.74, 6) is -0.676. The van der Waals surface area contributed by atoms with Crippen LogP contribution in [-0.2, 0) is 28.9 Å². The highest BCUT2D eigenvalue weighted by Crippen LogP contribution is 2.26. The number of ether oxygens (including phenoxy) is 2. The maximum absolute atomic E-state index is 12.9. The SMILES string of the molecule is CCCCCCCCCCCCC(O)C(=O)NC(COC1OC(CO)C(O)C(OS(=O)(=O)O)C1O)C(O)CCCCCCCCC. The maximum atomic E-state index is 12.9. The molecule has 0 aromatic carbocycles. The van der Waals surface area contributed by atoms with Crippen LogP contribution in [0.2, 0.25) is 0 Å². The fourth-order valence-electron chi connectivity index (χ4n) is 5.64. The lowest BCUT2D eigenvalue weighted by Gasteiger charge is -2.41. The van der Waals surface area contributed by atoms with Crippen LogP contribution < -0.4 is 5.32 Å². The smallest absolute Gasteiger partial charge is 0.394 e. The Morgan fingerprint density at radius 2 is 1.26 bits per heavy atom. The van der Waals surface area contributed by atoms with Gasteiger partial charge in [0.15, 0.2) is 6.29 Å². The van der Waals surface area contributed by atoms with Crippen LogP contribution in [0.3, 0.4) is 0 Å². The highest BCUT2D eigenvalue weighted by atomic mass is 32.3. The minimum atomic E-state index is -5.09. The van der Waals surface area contributed by atoms with E-state index in [2.05, 4.69) is 23.3 Å². The van der Waals surface area contributed by atoms with E-state index in [9.17, 15) is 38.7 Å². The van der Waals surface area contributed by atoms with Gasteiger partial charge in [-0.25, -0.2) is 4.18 Å². The molecule has 0 spiro atoms. The standard InChI is InChI=1S/C32H63NO12S/c1-3-5-7-9-11-12-13-15-17-19-21-26(36)31(39)33-24(25(35)20-18-16-14-10-8-6-4-2)23-43-32-29(38)30(45-46(40,41)42)28(37)27(22-34)44-32/h24-30,32,34-38H,3-23H2,1-2H3,(H,33,39)(H,40,41,42). The minimum absolute atomic E-state index is 0.263. The molecule has 1 fully saturated rings. The predicted octanol–water partition coefficient (Wildman–Crippen LogP) is 3.29. The summed E-state index contributed by atoms with van der Waals surface area (Å²) in [6.45, 7) is 3.14. The van der Waals surface area contributed by atoms with E-state index < -0.39 is 78.5 Å². The molecule has 0 radical (unpaired) electrons. The molecule has 8 atom stereocenters. The summed E-state index contributed by atoms with van der Waals surface area (Å²) in [6, 6.07) is -1.02. The van der Waals surface area contributed by atoms with Gasteiger partial charge in [-0.15, -0.1) is 0 Å². The Labute approximate surface area is 276 Å². The lowest BCUT2D eigenvalue weighted by Crippen LogP contribution is -2.61. The zero-order valence-electron chi connectivity index (χ0n) is 28.0. The number of rotatable bonds is 28. The van der Waals surface area contributed by atoms with Crippen molar-refractivity contribution >= 4 is 16.3 Å². The second-order valence-corrected chi connectivity index (χ2v) is 13.7. The van der Waals surface area contributed by atoms with Crippen molar-refractivity contribution in [2.45, 2.75) is 185 Å². The molecule has 7 N–H and O–H groups in total. The number of hydrogen-bond donors (Lipinski definition) is 7. The first kappa shape index (κ1) is 43.1. The second kappa shape index (κ2) is 25.1. The van der Waals surface area contributed by atoms with Gasteiger partial charge >= 0.3 is 10.4 Å². The Bertz CT molecular complexity index is 879. The molecule has 274 valence electrons.